The molecule has 1 aromatic rings. The maximum atomic E-state index is 11.5. The lowest BCUT2D eigenvalue weighted by atomic mass is 10.2. The number of amides is 2. The summed E-state index contributed by atoms with van der Waals surface area (Å²) in [5, 5.41) is 22.5. The summed E-state index contributed by atoms with van der Waals surface area (Å²) in [5.74, 6) is -1.30. The Morgan fingerprint density at radius 1 is 1.42 bits per heavy atom. The summed E-state index contributed by atoms with van der Waals surface area (Å²) >= 11 is 3.35. The number of urea groups is 1. The normalized spacial score (nSPS) is 11.7. The second-order valence-corrected chi connectivity index (χ2v) is 4.84. The van der Waals surface area contributed by atoms with Crippen molar-refractivity contribution in [3.05, 3.63) is 28.2 Å². The number of carbonyl (C=O) groups excluding carboxylic acids is 1. The van der Waals surface area contributed by atoms with Gasteiger partial charge in [-0.25, -0.2) is 9.59 Å². The number of aliphatic hydroxyl groups is 1. The summed E-state index contributed by atoms with van der Waals surface area (Å²) in [6.07, 6.45) is -1.51. The van der Waals surface area contributed by atoms with Crippen LogP contribution >= 0.6 is 15.9 Å². The van der Waals surface area contributed by atoms with Crippen LogP contribution in [0.4, 0.5) is 10.5 Å². The Morgan fingerprint density at radius 3 is 2.68 bits per heavy atom. The number of aryl methyl sites for hydroxylation is 1. The third kappa shape index (κ3) is 5.27. The number of halogens is 1. The van der Waals surface area contributed by atoms with Gasteiger partial charge in [-0.1, -0.05) is 22.0 Å². The van der Waals surface area contributed by atoms with Gasteiger partial charge in [0, 0.05) is 23.1 Å². The highest BCUT2D eigenvalue weighted by Crippen LogP contribution is 2.20. The Balaban J connectivity index is 2.39. The van der Waals surface area contributed by atoms with Gasteiger partial charge in [-0.15, -0.1) is 0 Å². The maximum absolute atomic E-state index is 11.5. The number of nitrogens with one attached hydrogen (secondary N) is 2. The molecule has 1 rings (SSSR count). The highest BCUT2D eigenvalue weighted by atomic mass is 79.9. The lowest BCUT2D eigenvalue weighted by molar-refractivity contribution is -0.146. The van der Waals surface area contributed by atoms with E-state index >= 15 is 0 Å². The Labute approximate surface area is 118 Å². The van der Waals surface area contributed by atoms with Crippen molar-refractivity contribution >= 4 is 33.6 Å². The maximum Gasteiger partial charge on any atom is 0.332 e. The number of hydrogen-bond donors (Lipinski definition) is 4. The van der Waals surface area contributed by atoms with E-state index < -0.39 is 18.1 Å². The molecule has 7 heteroatoms. The molecule has 0 aromatic heterocycles. The molecule has 1 atom stereocenters. The van der Waals surface area contributed by atoms with Gasteiger partial charge in [0.15, 0.2) is 6.10 Å². The molecule has 1 aromatic carbocycles. The first-order valence-corrected chi connectivity index (χ1v) is 6.41. The highest BCUT2D eigenvalue weighted by Gasteiger charge is 2.12. The van der Waals surface area contributed by atoms with Crippen molar-refractivity contribution in [1.82, 2.24) is 5.32 Å². The van der Waals surface area contributed by atoms with Gasteiger partial charge in [-0.05, 0) is 24.6 Å². The fraction of sp³-hybridized carbons (Fsp3) is 0.333. The average Bonchev–Trinajstić information content (AvgIpc) is 2.33. The summed E-state index contributed by atoms with van der Waals surface area (Å²) in [6.45, 7) is 2.01. The minimum absolute atomic E-state index is 0.0413. The number of carboxylic acids is 1. The van der Waals surface area contributed by atoms with Gasteiger partial charge in [-0.3, -0.25) is 0 Å². The molecule has 0 aliphatic heterocycles. The second-order valence-electron chi connectivity index (χ2n) is 3.99. The molecule has 4 N–H and O–H groups in total. The van der Waals surface area contributed by atoms with Crippen molar-refractivity contribution in [2.75, 3.05) is 11.9 Å². The molecule has 19 heavy (non-hydrogen) atoms. The van der Waals surface area contributed by atoms with Crippen LogP contribution in [0.3, 0.4) is 0 Å². The molecule has 0 bridgehead atoms. The Kier molecular flexibility index (Phi) is 5.78. The number of aliphatic carboxylic acids is 1. The van der Waals surface area contributed by atoms with Crippen LogP contribution in [0, 0.1) is 6.92 Å². The van der Waals surface area contributed by atoms with Gasteiger partial charge in [0.1, 0.15) is 0 Å². The molecule has 0 fully saturated rings. The summed E-state index contributed by atoms with van der Waals surface area (Å²) in [7, 11) is 0. The van der Waals surface area contributed by atoms with E-state index in [0.29, 0.717) is 5.69 Å². The molecule has 0 aliphatic rings. The summed E-state index contributed by atoms with van der Waals surface area (Å²) in [4.78, 5) is 21.8. The molecular weight excluding hydrogens is 316 g/mol. The third-order valence-electron chi connectivity index (χ3n) is 2.42. The van der Waals surface area contributed by atoms with E-state index in [1.165, 1.54) is 0 Å². The van der Waals surface area contributed by atoms with Crippen molar-refractivity contribution in [1.29, 1.82) is 0 Å². The topological polar surface area (TPSA) is 98.7 Å². The van der Waals surface area contributed by atoms with E-state index in [-0.39, 0.29) is 13.0 Å². The number of benzene rings is 1. The van der Waals surface area contributed by atoms with E-state index in [1.807, 2.05) is 13.0 Å². The van der Waals surface area contributed by atoms with Crippen LogP contribution in [0.25, 0.3) is 0 Å². The van der Waals surface area contributed by atoms with E-state index in [0.717, 1.165) is 10.0 Å². The van der Waals surface area contributed by atoms with Crippen molar-refractivity contribution in [2.45, 2.75) is 19.4 Å². The minimum atomic E-state index is -1.46. The van der Waals surface area contributed by atoms with Gasteiger partial charge in [0.25, 0.3) is 0 Å². The van der Waals surface area contributed by atoms with E-state index in [9.17, 15) is 9.59 Å². The lowest BCUT2D eigenvalue weighted by Crippen LogP contribution is -2.33. The Morgan fingerprint density at radius 2 is 2.11 bits per heavy atom. The van der Waals surface area contributed by atoms with Crippen LogP contribution in [-0.2, 0) is 4.79 Å². The predicted octanol–water partition coefficient (Wildman–Crippen LogP) is 1.71. The van der Waals surface area contributed by atoms with Crippen LogP contribution < -0.4 is 10.6 Å². The fourth-order valence-corrected chi connectivity index (χ4v) is 1.67. The smallest absolute Gasteiger partial charge is 0.332 e. The van der Waals surface area contributed by atoms with Gasteiger partial charge in [0.05, 0.1) is 0 Å². The molecule has 0 aliphatic carbocycles. The third-order valence-corrected chi connectivity index (χ3v) is 3.27. The van der Waals surface area contributed by atoms with E-state index in [1.54, 1.807) is 12.1 Å². The quantitative estimate of drug-likeness (QED) is 0.660. The second kappa shape index (κ2) is 7.10. The minimum Gasteiger partial charge on any atom is -0.479 e. The van der Waals surface area contributed by atoms with Crippen LogP contribution in [0.2, 0.25) is 0 Å². The molecular formula is C12H15BrN2O4. The molecule has 6 nitrogen and oxygen atoms in total. The van der Waals surface area contributed by atoms with Gasteiger partial charge >= 0.3 is 12.0 Å². The zero-order valence-electron chi connectivity index (χ0n) is 10.3. The van der Waals surface area contributed by atoms with Gasteiger partial charge in [-0.2, -0.15) is 0 Å². The zero-order chi connectivity index (χ0) is 14.4. The van der Waals surface area contributed by atoms with Crippen LogP contribution in [0.15, 0.2) is 22.7 Å². The largest absolute Gasteiger partial charge is 0.479 e. The Bertz CT molecular complexity index is 479. The fourth-order valence-electron chi connectivity index (χ4n) is 1.29. The van der Waals surface area contributed by atoms with Crippen molar-refractivity contribution < 1.29 is 19.8 Å². The molecule has 104 valence electrons. The molecule has 0 saturated heterocycles. The number of rotatable bonds is 5. The standard InChI is InChI=1S/C12H15BrN2O4/c1-7-2-3-8(6-9(7)13)15-12(19)14-5-4-10(16)11(17)18/h2-3,6,10,16H,4-5H2,1H3,(H,17,18)(H2,14,15,19). The van der Waals surface area contributed by atoms with Gasteiger partial charge < -0.3 is 20.8 Å². The van der Waals surface area contributed by atoms with Gasteiger partial charge in [0.2, 0.25) is 0 Å². The first kappa shape index (κ1) is 15.5. The van der Waals surface area contributed by atoms with Crippen LogP contribution in [-0.4, -0.2) is 34.9 Å². The number of hydrogen-bond acceptors (Lipinski definition) is 3. The average molecular weight is 331 g/mol. The Hall–Kier alpha value is -1.60. The number of anilines is 1. The van der Waals surface area contributed by atoms with Crippen LogP contribution in [0.1, 0.15) is 12.0 Å². The summed E-state index contributed by atoms with van der Waals surface area (Å²) in [5.41, 5.74) is 1.67. The first-order valence-electron chi connectivity index (χ1n) is 5.62. The monoisotopic (exact) mass is 330 g/mol. The lowest BCUT2D eigenvalue weighted by Gasteiger charge is -2.09. The number of carboxylic acid groups (broad SMARTS) is 1. The predicted molar refractivity (Wildman–Crippen MR) is 74.2 cm³/mol. The molecule has 0 radical (unpaired) electrons. The SMILES string of the molecule is Cc1ccc(NC(=O)NCCC(O)C(=O)O)cc1Br. The van der Waals surface area contributed by atoms with Crippen molar-refractivity contribution in [3.8, 4) is 0 Å². The summed E-state index contributed by atoms with van der Waals surface area (Å²) in [6, 6.07) is 4.93. The number of aliphatic hydroxyl groups excluding tert-OH is 1. The van der Waals surface area contributed by atoms with Crippen molar-refractivity contribution in [2.24, 2.45) is 0 Å². The van der Waals surface area contributed by atoms with Crippen molar-refractivity contribution in [3.63, 3.8) is 0 Å². The molecule has 2 amide bonds. The summed E-state index contributed by atoms with van der Waals surface area (Å²) < 4.78 is 0.881. The number of carbonyl (C=O) groups is 2. The highest BCUT2D eigenvalue weighted by molar-refractivity contribution is 9.10. The van der Waals surface area contributed by atoms with Crippen LogP contribution in [0.5, 0.6) is 0 Å². The first-order chi connectivity index (χ1) is 8.90. The zero-order valence-corrected chi connectivity index (χ0v) is 11.9. The van der Waals surface area contributed by atoms with E-state index in [2.05, 4.69) is 26.6 Å². The molecule has 0 saturated carbocycles. The molecule has 0 heterocycles. The molecule has 0 spiro atoms. The van der Waals surface area contributed by atoms with E-state index in [4.69, 9.17) is 10.2 Å². The molecule has 1 unspecified atom stereocenters.